The summed E-state index contributed by atoms with van der Waals surface area (Å²) in [6.45, 7) is 7.53. The molecule has 0 bridgehead atoms. The molecule has 3 N–H and O–H groups in total. The Morgan fingerprint density at radius 1 is 1.10 bits per heavy atom. The van der Waals surface area contributed by atoms with Crippen LogP contribution in [0.2, 0.25) is 0 Å². The van der Waals surface area contributed by atoms with Crippen LogP contribution < -0.4 is 11.1 Å². The number of nitrogens with two attached hydrogens (primary N) is 1. The van der Waals surface area contributed by atoms with Crippen molar-refractivity contribution in [3.8, 4) is 0 Å². The molecule has 2 atom stereocenters. The number of alkyl halides is 3. The van der Waals surface area contributed by atoms with Gasteiger partial charge in [0.2, 0.25) is 0 Å². The molecule has 2 nitrogen and oxygen atoms in total. The van der Waals surface area contributed by atoms with Crippen molar-refractivity contribution in [1.29, 1.82) is 0 Å². The van der Waals surface area contributed by atoms with Crippen molar-refractivity contribution in [1.82, 2.24) is 5.32 Å². The average Bonchev–Trinajstić information content (AvgIpc) is 2.38. The summed E-state index contributed by atoms with van der Waals surface area (Å²) < 4.78 is 37.4. The Kier molecular flexibility index (Phi) is 6.02. The highest BCUT2D eigenvalue weighted by Gasteiger charge is 2.30. The van der Waals surface area contributed by atoms with Gasteiger partial charge in [-0.2, -0.15) is 13.2 Å². The second-order valence-electron chi connectivity index (χ2n) is 5.49. The Hall–Kier alpha value is -1.07. The summed E-state index contributed by atoms with van der Waals surface area (Å²) in [5.41, 5.74) is 5.93. The summed E-state index contributed by atoms with van der Waals surface area (Å²) >= 11 is 0. The van der Waals surface area contributed by atoms with Crippen LogP contribution in [0.4, 0.5) is 13.2 Å². The molecule has 0 aromatic heterocycles. The van der Waals surface area contributed by atoms with Crippen molar-refractivity contribution in [2.75, 3.05) is 13.1 Å². The standard InChI is InChI=1S/C15H23F3N2/c1-10(2)13(8-19)9-20-11(3)12-4-6-14(7-5-12)15(16,17)18/h4-7,10-11,13,20H,8-9,19H2,1-3H3. The first-order valence-electron chi connectivity index (χ1n) is 6.86. The SMILES string of the molecule is CC(NCC(CN)C(C)C)c1ccc(C(F)(F)F)cc1. The van der Waals surface area contributed by atoms with Crippen LogP contribution in [0, 0.1) is 11.8 Å². The monoisotopic (exact) mass is 288 g/mol. The molecule has 0 radical (unpaired) electrons. The number of hydrogen-bond acceptors (Lipinski definition) is 2. The van der Waals surface area contributed by atoms with E-state index in [0.29, 0.717) is 18.4 Å². The van der Waals surface area contributed by atoms with Gasteiger partial charge in [-0.15, -0.1) is 0 Å². The van der Waals surface area contributed by atoms with Crippen molar-refractivity contribution in [3.63, 3.8) is 0 Å². The smallest absolute Gasteiger partial charge is 0.330 e. The molecule has 0 spiro atoms. The van der Waals surface area contributed by atoms with Crippen LogP contribution in [0.3, 0.4) is 0 Å². The molecule has 1 aromatic rings. The van der Waals surface area contributed by atoms with Gasteiger partial charge in [0.25, 0.3) is 0 Å². The summed E-state index contributed by atoms with van der Waals surface area (Å²) in [5.74, 6) is 0.846. The van der Waals surface area contributed by atoms with Gasteiger partial charge in [-0.3, -0.25) is 0 Å². The Balaban J connectivity index is 2.62. The maximum Gasteiger partial charge on any atom is 0.416 e. The second-order valence-corrected chi connectivity index (χ2v) is 5.49. The Bertz CT molecular complexity index is 399. The maximum atomic E-state index is 12.5. The quantitative estimate of drug-likeness (QED) is 0.839. The highest BCUT2D eigenvalue weighted by molar-refractivity contribution is 5.26. The molecular weight excluding hydrogens is 265 g/mol. The van der Waals surface area contributed by atoms with Gasteiger partial charge in [0.1, 0.15) is 0 Å². The molecule has 1 rings (SSSR count). The Morgan fingerprint density at radius 3 is 2.05 bits per heavy atom. The first kappa shape index (κ1) is 17.0. The lowest BCUT2D eigenvalue weighted by atomic mass is 9.95. The maximum absolute atomic E-state index is 12.5. The van der Waals surface area contributed by atoms with E-state index in [1.54, 1.807) is 0 Å². The summed E-state index contributed by atoms with van der Waals surface area (Å²) in [6, 6.07) is 5.29. The van der Waals surface area contributed by atoms with Crippen LogP contribution in [0.25, 0.3) is 0 Å². The zero-order valence-corrected chi connectivity index (χ0v) is 12.2. The molecule has 0 heterocycles. The average molecular weight is 288 g/mol. The van der Waals surface area contributed by atoms with Crippen LogP contribution >= 0.6 is 0 Å². The van der Waals surface area contributed by atoms with Crippen LogP contribution in [0.15, 0.2) is 24.3 Å². The van der Waals surface area contributed by atoms with Crippen LogP contribution in [0.5, 0.6) is 0 Å². The largest absolute Gasteiger partial charge is 0.416 e. The summed E-state index contributed by atoms with van der Waals surface area (Å²) in [6.07, 6.45) is -4.28. The van der Waals surface area contributed by atoms with Crippen molar-refractivity contribution in [2.45, 2.75) is 33.0 Å². The fourth-order valence-corrected chi connectivity index (χ4v) is 2.00. The van der Waals surface area contributed by atoms with Crippen molar-refractivity contribution >= 4 is 0 Å². The summed E-state index contributed by atoms with van der Waals surface area (Å²) in [4.78, 5) is 0. The molecule has 0 aliphatic carbocycles. The third-order valence-corrected chi connectivity index (χ3v) is 3.67. The van der Waals surface area contributed by atoms with Gasteiger partial charge < -0.3 is 11.1 Å². The zero-order valence-electron chi connectivity index (χ0n) is 12.2. The van der Waals surface area contributed by atoms with E-state index in [0.717, 1.165) is 24.2 Å². The number of rotatable bonds is 6. The number of nitrogens with one attached hydrogen (secondary N) is 1. The van der Waals surface area contributed by atoms with Crippen LogP contribution in [-0.4, -0.2) is 13.1 Å². The van der Waals surface area contributed by atoms with Crippen molar-refractivity contribution in [2.24, 2.45) is 17.6 Å². The lowest BCUT2D eigenvalue weighted by Crippen LogP contribution is -2.33. The first-order valence-corrected chi connectivity index (χ1v) is 6.86. The van der Waals surface area contributed by atoms with Crippen molar-refractivity contribution < 1.29 is 13.2 Å². The van der Waals surface area contributed by atoms with Gasteiger partial charge in [0, 0.05) is 6.04 Å². The normalized spacial score (nSPS) is 15.4. The van der Waals surface area contributed by atoms with Crippen LogP contribution in [0.1, 0.15) is 37.9 Å². The highest BCUT2D eigenvalue weighted by atomic mass is 19.4. The van der Waals surface area contributed by atoms with Gasteiger partial charge >= 0.3 is 6.18 Å². The zero-order chi connectivity index (χ0) is 15.3. The highest BCUT2D eigenvalue weighted by Crippen LogP contribution is 2.29. The first-order chi connectivity index (χ1) is 9.25. The number of benzene rings is 1. The van der Waals surface area contributed by atoms with Gasteiger partial charge in [0.15, 0.2) is 0 Å². The van der Waals surface area contributed by atoms with Gasteiger partial charge in [0.05, 0.1) is 5.56 Å². The molecule has 5 heteroatoms. The van der Waals surface area contributed by atoms with E-state index in [1.165, 1.54) is 12.1 Å². The molecule has 114 valence electrons. The molecule has 0 amide bonds. The molecule has 0 saturated carbocycles. The van der Waals surface area contributed by atoms with Gasteiger partial charge in [-0.1, -0.05) is 26.0 Å². The van der Waals surface area contributed by atoms with E-state index in [4.69, 9.17) is 5.73 Å². The molecule has 0 fully saturated rings. The lowest BCUT2D eigenvalue weighted by molar-refractivity contribution is -0.137. The minimum Gasteiger partial charge on any atom is -0.330 e. The number of hydrogen-bond donors (Lipinski definition) is 2. The third-order valence-electron chi connectivity index (χ3n) is 3.67. The minimum absolute atomic E-state index is 0.00471. The molecule has 2 unspecified atom stereocenters. The molecule has 1 aromatic carbocycles. The molecular formula is C15H23F3N2. The summed E-state index contributed by atoms with van der Waals surface area (Å²) in [5, 5.41) is 3.33. The fraction of sp³-hybridized carbons (Fsp3) is 0.600. The Labute approximate surface area is 118 Å². The lowest BCUT2D eigenvalue weighted by Gasteiger charge is -2.22. The van der Waals surface area contributed by atoms with Gasteiger partial charge in [-0.25, -0.2) is 0 Å². The van der Waals surface area contributed by atoms with E-state index in [2.05, 4.69) is 19.2 Å². The Morgan fingerprint density at radius 2 is 1.65 bits per heavy atom. The van der Waals surface area contributed by atoms with E-state index in [-0.39, 0.29) is 6.04 Å². The fourth-order valence-electron chi connectivity index (χ4n) is 2.00. The van der Waals surface area contributed by atoms with E-state index < -0.39 is 11.7 Å². The van der Waals surface area contributed by atoms with Crippen molar-refractivity contribution in [3.05, 3.63) is 35.4 Å². The predicted octanol–water partition coefficient (Wildman–Crippen LogP) is 3.59. The van der Waals surface area contributed by atoms with E-state index >= 15 is 0 Å². The van der Waals surface area contributed by atoms with Gasteiger partial charge in [-0.05, 0) is 49.5 Å². The van der Waals surface area contributed by atoms with Crippen LogP contribution in [-0.2, 0) is 6.18 Å². The number of halogens is 3. The van der Waals surface area contributed by atoms with E-state index in [9.17, 15) is 13.2 Å². The predicted molar refractivity (Wildman–Crippen MR) is 75.2 cm³/mol. The molecule has 0 aliphatic rings. The minimum atomic E-state index is -4.28. The second kappa shape index (κ2) is 7.09. The van der Waals surface area contributed by atoms with E-state index in [1.807, 2.05) is 6.92 Å². The molecule has 0 saturated heterocycles. The summed E-state index contributed by atoms with van der Waals surface area (Å²) in [7, 11) is 0. The topological polar surface area (TPSA) is 38.0 Å². The molecule has 20 heavy (non-hydrogen) atoms. The third kappa shape index (κ3) is 4.80. The molecule has 0 aliphatic heterocycles.